The van der Waals surface area contributed by atoms with Crippen LogP contribution in [0.4, 0.5) is 11.4 Å². The van der Waals surface area contributed by atoms with Crippen molar-refractivity contribution in [1.29, 1.82) is 0 Å². The molecule has 2 aromatic carbocycles. The Morgan fingerprint density at radius 2 is 1.85 bits per heavy atom. The number of amides is 1. The average molecular weight is 352 g/mol. The first-order chi connectivity index (χ1) is 12.7. The molecule has 134 valence electrons. The summed E-state index contributed by atoms with van der Waals surface area (Å²) in [6, 6.07) is 12.7. The molecule has 6 heteroatoms. The van der Waals surface area contributed by atoms with E-state index >= 15 is 0 Å². The van der Waals surface area contributed by atoms with Gasteiger partial charge in [0, 0.05) is 24.3 Å². The van der Waals surface area contributed by atoms with E-state index in [1.165, 1.54) is 7.11 Å². The number of hydrogen-bond donors (Lipinski definition) is 0. The number of hydrogen-bond acceptors (Lipinski definition) is 5. The minimum Gasteiger partial charge on any atom is -0.471 e. The number of benzene rings is 2. The number of ether oxygens (including phenoxy) is 2. The Balaban J connectivity index is 1.60. The molecule has 0 atom stereocenters. The molecule has 0 aliphatic carbocycles. The van der Waals surface area contributed by atoms with Crippen molar-refractivity contribution in [2.45, 2.75) is 12.8 Å². The van der Waals surface area contributed by atoms with Crippen LogP contribution in [0.5, 0.6) is 5.75 Å². The molecule has 1 amide bonds. The normalized spacial score (nSPS) is 15.6. The van der Waals surface area contributed by atoms with Crippen molar-refractivity contribution in [3.63, 3.8) is 0 Å². The van der Waals surface area contributed by atoms with E-state index in [0.29, 0.717) is 23.6 Å². The summed E-state index contributed by atoms with van der Waals surface area (Å²) >= 11 is 0. The fourth-order valence-electron chi connectivity index (χ4n) is 3.42. The predicted molar refractivity (Wildman–Crippen MR) is 97.0 cm³/mol. The number of esters is 1. The number of nitrogens with zero attached hydrogens (tertiary/aromatic N) is 2. The van der Waals surface area contributed by atoms with Crippen LogP contribution in [0.15, 0.2) is 42.5 Å². The van der Waals surface area contributed by atoms with Crippen LogP contribution in [0.25, 0.3) is 0 Å². The minimum atomic E-state index is -0.376. The van der Waals surface area contributed by atoms with Crippen LogP contribution in [-0.4, -0.2) is 43.7 Å². The number of carbonyl (C=O) groups excluding carboxylic acids is 2. The van der Waals surface area contributed by atoms with Gasteiger partial charge in [-0.2, -0.15) is 0 Å². The van der Waals surface area contributed by atoms with Crippen LogP contribution < -0.4 is 9.64 Å². The average Bonchev–Trinajstić information content (AvgIpc) is 3.36. The van der Waals surface area contributed by atoms with Gasteiger partial charge in [-0.25, -0.2) is 4.79 Å². The summed E-state index contributed by atoms with van der Waals surface area (Å²) in [5.74, 6) is 0.359. The second-order valence-corrected chi connectivity index (χ2v) is 6.43. The number of carbonyl (C=O) groups is 2. The fraction of sp³-hybridized carbons (Fsp3) is 0.300. The summed E-state index contributed by atoms with van der Waals surface area (Å²) < 4.78 is 10.6. The lowest BCUT2D eigenvalue weighted by Crippen LogP contribution is -2.27. The van der Waals surface area contributed by atoms with Crippen LogP contribution in [-0.2, 0) is 4.74 Å². The Labute approximate surface area is 151 Å². The van der Waals surface area contributed by atoms with Crippen molar-refractivity contribution in [3.05, 3.63) is 53.6 Å². The lowest BCUT2D eigenvalue weighted by atomic mass is 10.1. The molecule has 0 radical (unpaired) electrons. The Hall–Kier alpha value is -3.02. The first-order valence-electron chi connectivity index (χ1n) is 8.69. The molecule has 2 aliphatic heterocycles. The van der Waals surface area contributed by atoms with Crippen LogP contribution in [0, 0.1) is 0 Å². The lowest BCUT2D eigenvalue weighted by molar-refractivity contribution is 0.0600. The van der Waals surface area contributed by atoms with E-state index < -0.39 is 0 Å². The maximum Gasteiger partial charge on any atom is 0.337 e. The van der Waals surface area contributed by atoms with Crippen molar-refractivity contribution in [3.8, 4) is 5.75 Å². The van der Waals surface area contributed by atoms with E-state index in [2.05, 4.69) is 0 Å². The van der Waals surface area contributed by atoms with Crippen LogP contribution in [0.1, 0.15) is 33.6 Å². The number of rotatable bonds is 3. The van der Waals surface area contributed by atoms with Crippen molar-refractivity contribution in [2.24, 2.45) is 0 Å². The van der Waals surface area contributed by atoms with Gasteiger partial charge in [-0.1, -0.05) is 6.07 Å². The van der Waals surface area contributed by atoms with Gasteiger partial charge in [0.05, 0.1) is 18.4 Å². The largest absolute Gasteiger partial charge is 0.471 e. The first-order valence-corrected chi connectivity index (χ1v) is 8.69. The quantitative estimate of drug-likeness (QED) is 0.794. The van der Waals surface area contributed by atoms with Crippen molar-refractivity contribution in [1.82, 2.24) is 4.90 Å². The van der Waals surface area contributed by atoms with Crippen LogP contribution >= 0.6 is 0 Å². The van der Waals surface area contributed by atoms with Gasteiger partial charge in [0.15, 0.2) is 6.73 Å². The molecule has 26 heavy (non-hydrogen) atoms. The topological polar surface area (TPSA) is 59.1 Å². The van der Waals surface area contributed by atoms with E-state index in [4.69, 9.17) is 9.47 Å². The summed E-state index contributed by atoms with van der Waals surface area (Å²) in [6.07, 6.45) is 2.13. The van der Waals surface area contributed by atoms with E-state index in [1.54, 1.807) is 18.2 Å². The van der Waals surface area contributed by atoms with E-state index in [0.717, 1.165) is 37.3 Å². The molecule has 2 aliphatic rings. The summed E-state index contributed by atoms with van der Waals surface area (Å²) in [7, 11) is 1.36. The van der Waals surface area contributed by atoms with Crippen LogP contribution in [0.2, 0.25) is 0 Å². The first kappa shape index (κ1) is 16.4. The maximum absolute atomic E-state index is 12.6. The standard InChI is InChI=1S/C20H20N2O4/c1-25-20(24)15-5-4-6-16(11-15)22-13-26-18-12-14(7-8-17(18)22)19(23)21-9-2-3-10-21/h4-8,11-12H,2-3,9-10,13H2,1H3. The molecular formula is C20H20N2O4. The van der Waals surface area contributed by atoms with Crippen molar-refractivity contribution in [2.75, 3.05) is 31.8 Å². The number of fused-ring (bicyclic) bond motifs is 1. The monoisotopic (exact) mass is 352 g/mol. The molecule has 2 heterocycles. The number of methoxy groups -OCH3 is 1. The maximum atomic E-state index is 12.6. The van der Waals surface area contributed by atoms with Gasteiger partial charge in [0.2, 0.25) is 0 Å². The number of anilines is 2. The second-order valence-electron chi connectivity index (χ2n) is 6.43. The highest BCUT2D eigenvalue weighted by atomic mass is 16.5. The highest BCUT2D eigenvalue weighted by Gasteiger charge is 2.26. The van der Waals surface area contributed by atoms with E-state index in [9.17, 15) is 9.59 Å². The highest BCUT2D eigenvalue weighted by Crippen LogP contribution is 2.39. The molecular weight excluding hydrogens is 332 g/mol. The summed E-state index contributed by atoms with van der Waals surface area (Å²) in [5, 5.41) is 0. The number of likely N-dealkylation sites (tertiary alicyclic amines) is 1. The molecule has 6 nitrogen and oxygen atoms in total. The molecule has 0 aromatic heterocycles. The summed E-state index contributed by atoms with van der Waals surface area (Å²) in [6.45, 7) is 1.98. The van der Waals surface area contributed by atoms with Gasteiger partial charge in [0.25, 0.3) is 5.91 Å². The van der Waals surface area contributed by atoms with E-state index in [-0.39, 0.29) is 11.9 Å². The van der Waals surface area contributed by atoms with Gasteiger partial charge in [-0.15, -0.1) is 0 Å². The van der Waals surface area contributed by atoms with Gasteiger partial charge >= 0.3 is 5.97 Å². The SMILES string of the molecule is COC(=O)c1cccc(N2COc3cc(C(=O)N4CCCC4)ccc32)c1. The fourth-order valence-corrected chi connectivity index (χ4v) is 3.42. The van der Waals surface area contributed by atoms with Crippen molar-refractivity contribution >= 4 is 23.3 Å². The Morgan fingerprint density at radius 3 is 2.62 bits per heavy atom. The van der Waals surface area contributed by atoms with Crippen LogP contribution in [0.3, 0.4) is 0 Å². The molecule has 4 rings (SSSR count). The zero-order valence-electron chi connectivity index (χ0n) is 14.6. The third kappa shape index (κ3) is 2.87. The summed E-state index contributed by atoms with van der Waals surface area (Å²) in [4.78, 5) is 28.2. The van der Waals surface area contributed by atoms with Gasteiger partial charge in [-0.3, -0.25) is 4.79 Å². The molecule has 0 spiro atoms. The lowest BCUT2D eigenvalue weighted by Gasteiger charge is -2.18. The van der Waals surface area contributed by atoms with Gasteiger partial charge in [-0.05, 0) is 49.2 Å². The summed E-state index contributed by atoms with van der Waals surface area (Å²) in [5.41, 5.74) is 2.85. The predicted octanol–water partition coefficient (Wildman–Crippen LogP) is 3.20. The molecule has 2 aromatic rings. The third-order valence-electron chi connectivity index (χ3n) is 4.82. The molecule has 0 N–H and O–H groups in total. The van der Waals surface area contributed by atoms with Gasteiger partial charge in [0.1, 0.15) is 5.75 Å². The van der Waals surface area contributed by atoms with Crippen molar-refractivity contribution < 1.29 is 19.1 Å². The third-order valence-corrected chi connectivity index (χ3v) is 4.82. The zero-order chi connectivity index (χ0) is 18.1. The molecule has 0 bridgehead atoms. The second kappa shape index (κ2) is 6.71. The molecule has 1 fully saturated rings. The molecule has 0 saturated carbocycles. The Kier molecular flexibility index (Phi) is 4.24. The minimum absolute atomic E-state index is 0.0556. The zero-order valence-corrected chi connectivity index (χ0v) is 14.6. The van der Waals surface area contributed by atoms with Gasteiger partial charge < -0.3 is 19.3 Å². The Bertz CT molecular complexity index is 859. The Morgan fingerprint density at radius 1 is 1.04 bits per heavy atom. The smallest absolute Gasteiger partial charge is 0.337 e. The highest BCUT2D eigenvalue weighted by molar-refractivity contribution is 5.96. The van der Waals surface area contributed by atoms with E-state index in [1.807, 2.05) is 34.1 Å². The molecule has 1 saturated heterocycles. The molecule has 0 unspecified atom stereocenters.